The van der Waals surface area contributed by atoms with E-state index in [1.165, 1.54) is 27.2 Å². The van der Waals surface area contributed by atoms with Gasteiger partial charge in [0.15, 0.2) is 5.78 Å². The largest absolute Gasteiger partial charge is 0.480 e. The van der Waals surface area contributed by atoms with E-state index in [0.29, 0.717) is 48.7 Å². The molecule has 35 heavy (non-hydrogen) atoms. The van der Waals surface area contributed by atoms with Gasteiger partial charge in [-0.1, -0.05) is 12.1 Å². The van der Waals surface area contributed by atoms with Gasteiger partial charge in [-0.15, -0.1) is 0 Å². The molecular formula is C26H30N4O5. The number of ether oxygens (including phenoxy) is 2. The molecule has 1 aromatic carbocycles. The van der Waals surface area contributed by atoms with Crippen LogP contribution in [0.1, 0.15) is 52.5 Å². The Morgan fingerprint density at radius 1 is 0.943 bits per heavy atom. The van der Waals surface area contributed by atoms with Crippen LogP contribution in [0.25, 0.3) is 6.08 Å². The number of hydrogen-bond acceptors (Lipinski definition) is 7. The molecule has 4 rings (SSSR count). The van der Waals surface area contributed by atoms with E-state index >= 15 is 0 Å². The summed E-state index contributed by atoms with van der Waals surface area (Å²) in [6.45, 7) is 4.20. The predicted molar refractivity (Wildman–Crippen MR) is 129 cm³/mol. The molecule has 0 atom stereocenters. The maximum atomic E-state index is 12.9. The first-order valence-corrected chi connectivity index (χ1v) is 11.7. The second kappa shape index (κ2) is 10.2. The molecule has 0 N–H and O–H groups in total. The van der Waals surface area contributed by atoms with E-state index in [-0.39, 0.29) is 29.0 Å². The maximum absolute atomic E-state index is 12.9. The lowest BCUT2D eigenvalue weighted by Gasteiger charge is -2.39. The van der Waals surface area contributed by atoms with Gasteiger partial charge in [-0.05, 0) is 49.8 Å². The summed E-state index contributed by atoms with van der Waals surface area (Å²) in [5, 5.41) is 0. The van der Waals surface area contributed by atoms with Gasteiger partial charge in [0.05, 0.1) is 19.8 Å². The molecule has 2 amide bonds. The highest BCUT2D eigenvalue weighted by Crippen LogP contribution is 2.40. The van der Waals surface area contributed by atoms with Crippen LogP contribution in [0.4, 0.5) is 0 Å². The molecule has 0 unspecified atom stereocenters. The van der Waals surface area contributed by atoms with E-state index in [1.54, 1.807) is 36.5 Å². The van der Waals surface area contributed by atoms with Crippen LogP contribution < -0.4 is 9.47 Å². The van der Waals surface area contributed by atoms with Crippen molar-refractivity contribution in [1.82, 2.24) is 19.8 Å². The van der Waals surface area contributed by atoms with Crippen molar-refractivity contribution in [2.24, 2.45) is 5.41 Å². The molecule has 3 heterocycles. The van der Waals surface area contributed by atoms with Crippen LogP contribution in [0, 0.1) is 5.41 Å². The van der Waals surface area contributed by atoms with Gasteiger partial charge in [0.1, 0.15) is 0 Å². The van der Waals surface area contributed by atoms with E-state index in [1.807, 2.05) is 9.80 Å². The molecule has 2 aliphatic rings. The van der Waals surface area contributed by atoms with E-state index in [0.717, 1.165) is 19.3 Å². The number of aromatic nitrogens is 2. The Hall–Kier alpha value is -3.75. The highest BCUT2D eigenvalue weighted by atomic mass is 16.5. The van der Waals surface area contributed by atoms with Crippen molar-refractivity contribution < 1.29 is 23.9 Å². The van der Waals surface area contributed by atoms with E-state index in [4.69, 9.17) is 9.47 Å². The van der Waals surface area contributed by atoms with Crippen LogP contribution in [0.15, 0.2) is 36.5 Å². The van der Waals surface area contributed by atoms with Crippen molar-refractivity contribution in [3.05, 3.63) is 53.2 Å². The Kier molecular flexibility index (Phi) is 7.14. The topological polar surface area (TPSA) is 102 Å². The molecule has 1 spiro atoms. The minimum absolute atomic E-state index is 0.0144. The fraction of sp³-hybridized carbons (Fsp3) is 0.423. The Balaban J connectivity index is 1.33. The molecule has 9 heteroatoms. The zero-order chi connectivity index (χ0) is 25.0. The van der Waals surface area contributed by atoms with Crippen molar-refractivity contribution in [1.29, 1.82) is 0 Å². The number of carbonyl (C=O) groups is 3. The summed E-state index contributed by atoms with van der Waals surface area (Å²) in [6.07, 6.45) is 7.38. The van der Waals surface area contributed by atoms with E-state index < -0.39 is 0 Å². The molecule has 0 bridgehead atoms. The van der Waals surface area contributed by atoms with Gasteiger partial charge in [0, 0.05) is 49.6 Å². The first-order chi connectivity index (χ1) is 16.8. The van der Waals surface area contributed by atoms with Gasteiger partial charge < -0.3 is 19.3 Å². The molecule has 0 radical (unpaired) electrons. The average molecular weight is 479 g/mol. The standard InChI is InChI=1S/C26H30N4O5/c1-18(31)19-4-6-20(7-5-19)24(33)29-13-10-26(11-14-29)12-15-30(17-26)22(32)9-8-21-16-27-25(35-3)28-23(21)34-2/h4-9,16H,10-15,17H2,1-3H3. The molecule has 2 aromatic rings. The smallest absolute Gasteiger partial charge is 0.319 e. The molecule has 2 aliphatic heterocycles. The molecule has 2 saturated heterocycles. The fourth-order valence-electron chi connectivity index (χ4n) is 4.75. The maximum Gasteiger partial charge on any atom is 0.319 e. The summed E-state index contributed by atoms with van der Waals surface area (Å²) < 4.78 is 10.3. The molecule has 1 aromatic heterocycles. The first-order valence-electron chi connectivity index (χ1n) is 11.7. The SMILES string of the molecule is COc1ncc(C=CC(=O)N2CCC3(CCN(C(=O)c4ccc(C(C)=O)cc4)CC3)C2)c(OC)n1. The predicted octanol–water partition coefficient (Wildman–Crippen LogP) is 2.86. The molecular weight excluding hydrogens is 448 g/mol. The number of hydrogen-bond donors (Lipinski definition) is 0. The summed E-state index contributed by atoms with van der Waals surface area (Å²) in [5.41, 5.74) is 1.83. The van der Waals surface area contributed by atoms with E-state index in [2.05, 4.69) is 9.97 Å². The summed E-state index contributed by atoms with van der Waals surface area (Å²) in [4.78, 5) is 49.2. The van der Waals surface area contributed by atoms with Crippen molar-refractivity contribution in [2.45, 2.75) is 26.2 Å². The van der Waals surface area contributed by atoms with Crippen LogP contribution >= 0.6 is 0 Å². The fourth-order valence-corrected chi connectivity index (χ4v) is 4.75. The highest BCUT2D eigenvalue weighted by molar-refractivity contribution is 5.97. The van der Waals surface area contributed by atoms with Gasteiger partial charge in [-0.2, -0.15) is 4.98 Å². The first kappa shape index (κ1) is 24.4. The van der Waals surface area contributed by atoms with Crippen molar-refractivity contribution in [2.75, 3.05) is 40.4 Å². The number of amides is 2. The van der Waals surface area contributed by atoms with Crippen molar-refractivity contribution in [3.8, 4) is 11.9 Å². The number of Topliss-reactive ketones (excluding diaryl/α,β-unsaturated/α-hetero) is 1. The minimum atomic E-state index is -0.0659. The van der Waals surface area contributed by atoms with Gasteiger partial charge in [-0.3, -0.25) is 14.4 Å². The Labute approximate surface area is 204 Å². The molecule has 2 fully saturated rings. The number of carbonyl (C=O) groups excluding carboxylic acids is 3. The second-order valence-electron chi connectivity index (χ2n) is 9.09. The quantitative estimate of drug-likeness (QED) is 0.465. The normalized spacial score (nSPS) is 17.1. The number of ketones is 1. The molecule has 9 nitrogen and oxygen atoms in total. The lowest BCUT2D eigenvalue weighted by Crippen LogP contribution is -2.44. The van der Waals surface area contributed by atoms with Crippen LogP contribution in [0.3, 0.4) is 0 Å². The number of benzene rings is 1. The van der Waals surface area contributed by atoms with Gasteiger partial charge >= 0.3 is 6.01 Å². The highest BCUT2D eigenvalue weighted by Gasteiger charge is 2.42. The summed E-state index contributed by atoms with van der Waals surface area (Å²) in [5.74, 6) is 0.241. The number of methoxy groups -OCH3 is 2. The Morgan fingerprint density at radius 2 is 1.57 bits per heavy atom. The zero-order valence-electron chi connectivity index (χ0n) is 20.3. The van der Waals surface area contributed by atoms with Crippen LogP contribution in [0.5, 0.6) is 11.9 Å². The monoisotopic (exact) mass is 478 g/mol. The third kappa shape index (κ3) is 5.34. The number of rotatable bonds is 6. The molecule has 184 valence electrons. The number of piperidine rings is 1. The third-order valence-electron chi connectivity index (χ3n) is 6.94. The van der Waals surface area contributed by atoms with Gasteiger partial charge in [0.25, 0.3) is 5.91 Å². The number of likely N-dealkylation sites (tertiary alicyclic amines) is 2. The van der Waals surface area contributed by atoms with Crippen LogP contribution in [-0.4, -0.2) is 77.8 Å². The second-order valence-corrected chi connectivity index (χ2v) is 9.09. The lowest BCUT2D eigenvalue weighted by atomic mass is 9.77. The van der Waals surface area contributed by atoms with Crippen LogP contribution in [0.2, 0.25) is 0 Å². The zero-order valence-corrected chi connectivity index (χ0v) is 20.3. The Morgan fingerprint density at radius 3 is 2.17 bits per heavy atom. The van der Waals surface area contributed by atoms with Gasteiger partial charge in [0.2, 0.25) is 11.8 Å². The van der Waals surface area contributed by atoms with E-state index in [9.17, 15) is 14.4 Å². The molecule has 0 aliphatic carbocycles. The summed E-state index contributed by atoms with van der Waals surface area (Å²) >= 11 is 0. The summed E-state index contributed by atoms with van der Waals surface area (Å²) in [6, 6.07) is 7.03. The Bertz CT molecular complexity index is 1140. The lowest BCUT2D eigenvalue weighted by molar-refractivity contribution is -0.125. The third-order valence-corrected chi connectivity index (χ3v) is 6.94. The van der Waals surface area contributed by atoms with Crippen molar-refractivity contribution in [3.63, 3.8) is 0 Å². The van der Waals surface area contributed by atoms with Gasteiger partial charge in [-0.25, -0.2) is 4.98 Å². The summed E-state index contributed by atoms with van der Waals surface area (Å²) in [7, 11) is 2.98. The number of nitrogens with zero attached hydrogens (tertiary/aromatic N) is 4. The minimum Gasteiger partial charge on any atom is -0.480 e. The van der Waals surface area contributed by atoms with Crippen molar-refractivity contribution >= 4 is 23.7 Å². The van der Waals surface area contributed by atoms with Crippen LogP contribution in [-0.2, 0) is 4.79 Å². The average Bonchev–Trinajstić information content (AvgIpc) is 3.30. The molecule has 0 saturated carbocycles.